The molecule has 1 amide bonds. The molecule has 1 aromatic carbocycles. The number of anilines is 1. The van der Waals surface area contributed by atoms with Crippen LogP contribution in [0.2, 0.25) is 0 Å². The van der Waals surface area contributed by atoms with Crippen molar-refractivity contribution in [2.75, 3.05) is 18.1 Å². The average Bonchev–Trinajstić information content (AvgIpc) is 2.74. The number of carbonyl (C=O) groups excluding carboxylic acids is 1. The summed E-state index contributed by atoms with van der Waals surface area (Å²) in [4.78, 5) is 15.9. The number of nitrogens with zero attached hydrogens (tertiary/aromatic N) is 1. The molecule has 0 spiro atoms. The first-order valence-corrected chi connectivity index (χ1v) is 7.39. The third kappa shape index (κ3) is 2.48. The van der Waals surface area contributed by atoms with Gasteiger partial charge in [0, 0.05) is 16.8 Å². The summed E-state index contributed by atoms with van der Waals surface area (Å²) in [5.41, 5.74) is 0.846. The highest BCUT2D eigenvalue weighted by atomic mass is 32.1. The Kier molecular flexibility index (Phi) is 3.48. The van der Waals surface area contributed by atoms with Crippen LogP contribution < -0.4 is 9.64 Å². The third-order valence-corrected chi connectivity index (χ3v) is 4.33. The van der Waals surface area contributed by atoms with Crippen LogP contribution in [0, 0.1) is 0 Å². The molecule has 0 saturated carbocycles. The SMILES string of the molecule is O=C(c1cc(S)cs1)N1CCCOc2ccccc21. The summed E-state index contributed by atoms with van der Waals surface area (Å²) in [6.07, 6.45) is 0.833. The summed E-state index contributed by atoms with van der Waals surface area (Å²) in [6.45, 7) is 1.32. The molecule has 1 aromatic heterocycles. The van der Waals surface area contributed by atoms with Crippen molar-refractivity contribution in [3.05, 3.63) is 40.6 Å². The Morgan fingerprint density at radius 1 is 1.37 bits per heavy atom. The fourth-order valence-corrected chi connectivity index (χ4v) is 3.21. The summed E-state index contributed by atoms with van der Waals surface area (Å²) in [5, 5.41) is 1.87. The van der Waals surface area contributed by atoms with Crippen molar-refractivity contribution in [3.63, 3.8) is 0 Å². The zero-order valence-electron chi connectivity index (χ0n) is 10.2. The average molecular weight is 291 g/mol. The lowest BCUT2D eigenvalue weighted by Crippen LogP contribution is -2.30. The summed E-state index contributed by atoms with van der Waals surface area (Å²) in [6, 6.07) is 9.48. The van der Waals surface area contributed by atoms with Crippen molar-refractivity contribution >= 4 is 35.6 Å². The van der Waals surface area contributed by atoms with Gasteiger partial charge >= 0.3 is 0 Å². The van der Waals surface area contributed by atoms with Crippen molar-refractivity contribution in [2.45, 2.75) is 11.3 Å². The number of hydrogen-bond donors (Lipinski definition) is 1. The van der Waals surface area contributed by atoms with Gasteiger partial charge in [0.25, 0.3) is 5.91 Å². The lowest BCUT2D eigenvalue weighted by Gasteiger charge is -2.20. The van der Waals surface area contributed by atoms with E-state index in [9.17, 15) is 4.79 Å². The summed E-state index contributed by atoms with van der Waals surface area (Å²) in [5.74, 6) is 0.791. The Labute approximate surface area is 121 Å². The van der Waals surface area contributed by atoms with Crippen LogP contribution in [-0.2, 0) is 0 Å². The van der Waals surface area contributed by atoms with Crippen molar-refractivity contribution < 1.29 is 9.53 Å². The molecule has 0 aliphatic carbocycles. The van der Waals surface area contributed by atoms with Crippen LogP contribution in [0.3, 0.4) is 0 Å². The quantitative estimate of drug-likeness (QED) is 0.815. The van der Waals surface area contributed by atoms with Gasteiger partial charge in [0.05, 0.1) is 17.2 Å². The maximum absolute atomic E-state index is 12.6. The minimum Gasteiger partial charge on any atom is -0.491 e. The highest BCUT2D eigenvalue weighted by Crippen LogP contribution is 2.32. The Balaban J connectivity index is 1.98. The lowest BCUT2D eigenvalue weighted by molar-refractivity contribution is 0.0991. The van der Waals surface area contributed by atoms with E-state index in [-0.39, 0.29) is 5.91 Å². The molecule has 19 heavy (non-hydrogen) atoms. The fourth-order valence-electron chi connectivity index (χ4n) is 2.11. The predicted octanol–water partition coefficient (Wildman–Crippen LogP) is 3.47. The van der Waals surface area contributed by atoms with Gasteiger partial charge in [-0.1, -0.05) is 12.1 Å². The number of carbonyl (C=O) groups is 1. The van der Waals surface area contributed by atoms with E-state index in [0.29, 0.717) is 18.0 Å². The Bertz CT molecular complexity index is 609. The van der Waals surface area contributed by atoms with Crippen molar-refractivity contribution in [2.24, 2.45) is 0 Å². The van der Waals surface area contributed by atoms with Crippen LogP contribution in [0.1, 0.15) is 16.1 Å². The van der Waals surface area contributed by atoms with Gasteiger partial charge in [-0.15, -0.1) is 24.0 Å². The largest absolute Gasteiger partial charge is 0.491 e. The molecular formula is C14H13NO2S2. The van der Waals surface area contributed by atoms with Crippen molar-refractivity contribution in [1.82, 2.24) is 0 Å². The van der Waals surface area contributed by atoms with E-state index in [0.717, 1.165) is 22.8 Å². The lowest BCUT2D eigenvalue weighted by atomic mass is 10.2. The minimum atomic E-state index is 0.0169. The molecule has 0 radical (unpaired) electrons. The first-order chi connectivity index (χ1) is 9.25. The zero-order valence-corrected chi connectivity index (χ0v) is 11.9. The predicted molar refractivity (Wildman–Crippen MR) is 79.8 cm³/mol. The molecule has 2 heterocycles. The van der Waals surface area contributed by atoms with Gasteiger partial charge in [-0.05, 0) is 24.6 Å². The van der Waals surface area contributed by atoms with Gasteiger partial charge in [-0.25, -0.2) is 0 Å². The van der Waals surface area contributed by atoms with E-state index in [4.69, 9.17) is 4.74 Å². The highest BCUT2D eigenvalue weighted by Gasteiger charge is 2.23. The third-order valence-electron chi connectivity index (χ3n) is 2.98. The van der Waals surface area contributed by atoms with Gasteiger partial charge < -0.3 is 9.64 Å². The second-order valence-corrected chi connectivity index (χ2v) is 5.72. The molecule has 0 saturated heterocycles. The Morgan fingerprint density at radius 3 is 3.00 bits per heavy atom. The summed E-state index contributed by atoms with van der Waals surface area (Å²) >= 11 is 5.68. The highest BCUT2D eigenvalue weighted by molar-refractivity contribution is 7.80. The number of hydrogen-bond acceptors (Lipinski definition) is 4. The van der Waals surface area contributed by atoms with E-state index >= 15 is 0 Å². The molecule has 98 valence electrons. The number of para-hydroxylation sites is 2. The van der Waals surface area contributed by atoms with Gasteiger partial charge in [0.15, 0.2) is 0 Å². The van der Waals surface area contributed by atoms with Gasteiger partial charge in [-0.3, -0.25) is 4.79 Å². The van der Waals surface area contributed by atoms with Crippen LogP contribution in [-0.4, -0.2) is 19.1 Å². The van der Waals surface area contributed by atoms with Crippen LogP contribution >= 0.6 is 24.0 Å². The molecule has 3 nitrogen and oxygen atoms in total. The van der Waals surface area contributed by atoms with Crippen LogP contribution in [0.25, 0.3) is 0 Å². The number of benzene rings is 1. The Morgan fingerprint density at radius 2 is 2.21 bits per heavy atom. The molecule has 2 aromatic rings. The minimum absolute atomic E-state index is 0.0169. The van der Waals surface area contributed by atoms with E-state index in [2.05, 4.69) is 12.6 Å². The molecule has 0 N–H and O–H groups in total. The number of thiol groups is 1. The standard InChI is InChI=1S/C14H13NO2S2/c16-14(13-8-10(18)9-19-13)15-6-3-7-17-12-5-2-1-4-11(12)15/h1-2,4-5,8-9,18H,3,6-7H2. The van der Waals surface area contributed by atoms with Crippen LogP contribution in [0.5, 0.6) is 5.75 Å². The van der Waals surface area contributed by atoms with Gasteiger partial charge in [-0.2, -0.15) is 0 Å². The number of ether oxygens (including phenoxy) is 1. The van der Waals surface area contributed by atoms with E-state index in [1.165, 1.54) is 11.3 Å². The molecule has 0 fully saturated rings. The van der Waals surface area contributed by atoms with Crippen LogP contribution in [0.4, 0.5) is 5.69 Å². The molecule has 0 unspecified atom stereocenters. The molecule has 5 heteroatoms. The number of rotatable bonds is 1. The topological polar surface area (TPSA) is 29.5 Å². The summed E-state index contributed by atoms with van der Waals surface area (Å²) < 4.78 is 5.66. The maximum Gasteiger partial charge on any atom is 0.268 e. The van der Waals surface area contributed by atoms with E-state index < -0.39 is 0 Å². The van der Waals surface area contributed by atoms with E-state index in [1.54, 1.807) is 4.90 Å². The smallest absolute Gasteiger partial charge is 0.268 e. The molecule has 3 rings (SSSR count). The summed E-state index contributed by atoms with van der Waals surface area (Å²) in [7, 11) is 0. The monoisotopic (exact) mass is 291 g/mol. The van der Waals surface area contributed by atoms with Gasteiger partial charge in [0.1, 0.15) is 5.75 Å². The molecule has 0 bridgehead atoms. The van der Waals surface area contributed by atoms with Crippen molar-refractivity contribution in [1.29, 1.82) is 0 Å². The first-order valence-electron chi connectivity index (χ1n) is 6.07. The van der Waals surface area contributed by atoms with Gasteiger partial charge in [0.2, 0.25) is 0 Å². The van der Waals surface area contributed by atoms with Crippen molar-refractivity contribution in [3.8, 4) is 5.75 Å². The molecule has 0 atom stereocenters. The number of fused-ring (bicyclic) bond motifs is 1. The second kappa shape index (κ2) is 5.27. The number of amides is 1. The zero-order chi connectivity index (χ0) is 13.2. The molecular weight excluding hydrogens is 278 g/mol. The van der Waals surface area contributed by atoms with E-state index in [1.807, 2.05) is 35.7 Å². The fraction of sp³-hybridized carbons (Fsp3) is 0.214. The second-order valence-electron chi connectivity index (χ2n) is 4.30. The number of thiophene rings is 1. The molecule has 1 aliphatic heterocycles. The maximum atomic E-state index is 12.6. The Hall–Kier alpha value is -1.46. The normalized spacial score (nSPS) is 14.5. The first kappa shape index (κ1) is 12.6. The van der Waals surface area contributed by atoms with Crippen LogP contribution in [0.15, 0.2) is 40.6 Å². The molecule has 1 aliphatic rings.